The number of piperidine rings is 1. The lowest BCUT2D eigenvalue weighted by Crippen LogP contribution is -2.51. The molecule has 4 nitrogen and oxygen atoms in total. The monoisotopic (exact) mass is 381 g/mol. The van der Waals surface area contributed by atoms with E-state index in [-0.39, 0.29) is 11.8 Å². The molecule has 0 aromatic heterocycles. The Morgan fingerprint density at radius 1 is 1.07 bits per heavy atom. The number of carbonyl (C=O) groups is 1. The third-order valence-corrected chi connectivity index (χ3v) is 6.06. The van der Waals surface area contributed by atoms with E-state index in [1.807, 2.05) is 19.1 Å². The summed E-state index contributed by atoms with van der Waals surface area (Å²) in [6.45, 7) is 4.08. The van der Waals surface area contributed by atoms with Gasteiger partial charge in [0.15, 0.2) is 5.60 Å². The molecular weight excluding hydrogens is 350 g/mol. The van der Waals surface area contributed by atoms with E-state index in [1.165, 1.54) is 11.1 Å². The van der Waals surface area contributed by atoms with Gasteiger partial charge in [-0.05, 0) is 49.9 Å². The summed E-state index contributed by atoms with van der Waals surface area (Å²) < 4.78 is 6.23. The maximum absolute atomic E-state index is 12.2. The normalized spacial score (nSPS) is 17.4. The van der Waals surface area contributed by atoms with Crippen molar-refractivity contribution in [2.45, 2.75) is 44.1 Å². The molecule has 3 rings (SSSR count). The van der Waals surface area contributed by atoms with Crippen LogP contribution in [0.15, 0.2) is 60.7 Å². The number of carboxylic acid groups (broad SMARTS) is 1. The van der Waals surface area contributed by atoms with E-state index in [1.54, 1.807) is 0 Å². The molecule has 1 fully saturated rings. The van der Waals surface area contributed by atoms with Crippen LogP contribution in [0.5, 0.6) is 0 Å². The van der Waals surface area contributed by atoms with Crippen LogP contribution in [-0.2, 0) is 9.53 Å². The van der Waals surface area contributed by atoms with Crippen LogP contribution in [0.25, 0.3) is 0 Å². The Morgan fingerprint density at radius 3 is 2.07 bits per heavy atom. The van der Waals surface area contributed by atoms with Gasteiger partial charge in [0.2, 0.25) is 0 Å². The van der Waals surface area contributed by atoms with Crippen LogP contribution in [0.4, 0.5) is 0 Å². The molecule has 150 valence electrons. The molecule has 1 atom stereocenters. The van der Waals surface area contributed by atoms with Crippen LogP contribution in [-0.4, -0.2) is 36.4 Å². The first-order valence-corrected chi connectivity index (χ1v) is 10.4. The lowest BCUT2D eigenvalue weighted by atomic mass is 9.78. The van der Waals surface area contributed by atoms with Crippen LogP contribution >= 0.6 is 0 Å². The molecule has 1 unspecified atom stereocenters. The zero-order valence-electron chi connectivity index (χ0n) is 16.6. The summed E-state index contributed by atoms with van der Waals surface area (Å²) in [7, 11) is 0. The summed E-state index contributed by atoms with van der Waals surface area (Å²) in [6.07, 6.45) is 2.95. The van der Waals surface area contributed by atoms with E-state index in [0.29, 0.717) is 13.0 Å². The summed E-state index contributed by atoms with van der Waals surface area (Å²) in [4.78, 5) is 12.2. The van der Waals surface area contributed by atoms with Crippen LogP contribution in [0.1, 0.15) is 49.7 Å². The number of nitrogens with one attached hydrogen (secondary N) is 1. The molecule has 28 heavy (non-hydrogen) atoms. The molecule has 0 aliphatic carbocycles. The highest BCUT2D eigenvalue weighted by molar-refractivity contribution is 5.78. The number of hydrogen-bond donors (Lipinski definition) is 2. The second-order valence-corrected chi connectivity index (χ2v) is 7.58. The van der Waals surface area contributed by atoms with Gasteiger partial charge in [0.1, 0.15) is 0 Å². The summed E-state index contributed by atoms with van der Waals surface area (Å²) in [5.74, 6) is -0.570. The maximum Gasteiger partial charge on any atom is 0.336 e. The van der Waals surface area contributed by atoms with Gasteiger partial charge in [-0.25, -0.2) is 4.79 Å². The van der Waals surface area contributed by atoms with Crippen LogP contribution in [0, 0.1) is 5.92 Å². The van der Waals surface area contributed by atoms with Gasteiger partial charge >= 0.3 is 5.97 Å². The lowest BCUT2D eigenvalue weighted by molar-refractivity contribution is -0.177. The highest BCUT2D eigenvalue weighted by Gasteiger charge is 2.45. The van der Waals surface area contributed by atoms with Crippen molar-refractivity contribution in [2.75, 3.05) is 19.7 Å². The molecule has 2 aromatic rings. The Bertz CT molecular complexity index is 689. The zero-order valence-corrected chi connectivity index (χ0v) is 16.6. The SMILES string of the molecule is CCC(OCCC(c1ccccc1)c1ccccc1)(C(=O)O)C1CCNCC1. The lowest BCUT2D eigenvalue weighted by Gasteiger charge is -2.39. The summed E-state index contributed by atoms with van der Waals surface area (Å²) in [5, 5.41) is 13.3. The fourth-order valence-electron chi connectivity index (χ4n) is 4.44. The van der Waals surface area contributed by atoms with Crippen molar-refractivity contribution in [2.24, 2.45) is 5.92 Å². The number of carboxylic acids is 1. The van der Waals surface area contributed by atoms with Gasteiger partial charge in [0, 0.05) is 18.4 Å². The largest absolute Gasteiger partial charge is 0.479 e. The molecule has 4 heteroatoms. The molecule has 1 aliphatic heterocycles. The molecule has 1 heterocycles. The van der Waals surface area contributed by atoms with Gasteiger partial charge in [0.25, 0.3) is 0 Å². The highest BCUT2D eigenvalue weighted by atomic mass is 16.5. The molecule has 0 spiro atoms. The third-order valence-electron chi connectivity index (χ3n) is 6.06. The Morgan fingerprint density at radius 2 is 1.61 bits per heavy atom. The Labute approximate surface area is 167 Å². The molecule has 1 saturated heterocycles. The fraction of sp³-hybridized carbons (Fsp3) is 0.458. The molecular formula is C24H31NO3. The van der Waals surface area contributed by atoms with Crippen molar-refractivity contribution < 1.29 is 14.6 Å². The van der Waals surface area contributed by atoms with Crippen molar-refractivity contribution >= 4 is 5.97 Å². The first kappa shape index (κ1) is 20.6. The first-order valence-electron chi connectivity index (χ1n) is 10.4. The standard InChI is InChI=1S/C24H31NO3/c1-2-24(23(26)27,21-13-16-25-17-14-21)28-18-15-22(19-9-5-3-6-10-19)20-11-7-4-8-12-20/h3-12,21-22,25H,2,13-18H2,1H3,(H,26,27). The second kappa shape index (κ2) is 9.85. The van der Waals surface area contributed by atoms with Crippen LogP contribution in [0.3, 0.4) is 0 Å². The number of benzene rings is 2. The van der Waals surface area contributed by atoms with Gasteiger partial charge < -0.3 is 15.2 Å². The molecule has 0 saturated carbocycles. The molecule has 2 N–H and O–H groups in total. The minimum Gasteiger partial charge on any atom is -0.479 e. The smallest absolute Gasteiger partial charge is 0.336 e. The van der Waals surface area contributed by atoms with Crippen LogP contribution in [0.2, 0.25) is 0 Å². The topological polar surface area (TPSA) is 58.6 Å². The van der Waals surface area contributed by atoms with Crippen molar-refractivity contribution in [3.63, 3.8) is 0 Å². The number of ether oxygens (including phenoxy) is 1. The van der Waals surface area contributed by atoms with E-state index >= 15 is 0 Å². The quantitative estimate of drug-likeness (QED) is 0.673. The van der Waals surface area contributed by atoms with Gasteiger partial charge in [-0.2, -0.15) is 0 Å². The fourth-order valence-corrected chi connectivity index (χ4v) is 4.44. The molecule has 0 bridgehead atoms. The average molecular weight is 382 g/mol. The Balaban J connectivity index is 1.75. The van der Waals surface area contributed by atoms with Gasteiger partial charge in [-0.15, -0.1) is 0 Å². The Kier molecular flexibility index (Phi) is 7.24. The maximum atomic E-state index is 12.2. The first-order chi connectivity index (χ1) is 13.7. The zero-order chi connectivity index (χ0) is 19.8. The highest BCUT2D eigenvalue weighted by Crippen LogP contribution is 2.35. The summed E-state index contributed by atoms with van der Waals surface area (Å²) in [5.41, 5.74) is 1.38. The molecule has 0 amide bonds. The molecule has 2 aromatic carbocycles. The van der Waals surface area contributed by atoms with E-state index in [4.69, 9.17) is 4.74 Å². The number of aliphatic carboxylic acids is 1. The third kappa shape index (κ3) is 4.62. The van der Waals surface area contributed by atoms with Crippen molar-refractivity contribution in [1.29, 1.82) is 0 Å². The number of rotatable bonds is 9. The van der Waals surface area contributed by atoms with Gasteiger partial charge in [-0.3, -0.25) is 0 Å². The predicted octanol–water partition coefficient (Wildman–Crippen LogP) is 4.46. The van der Waals surface area contributed by atoms with Gasteiger partial charge in [-0.1, -0.05) is 67.6 Å². The van der Waals surface area contributed by atoms with E-state index in [0.717, 1.165) is 32.4 Å². The van der Waals surface area contributed by atoms with E-state index in [9.17, 15) is 9.90 Å². The number of hydrogen-bond acceptors (Lipinski definition) is 3. The van der Waals surface area contributed by atoms with E-state index < -0.39 is 11.6 Å². The van der Waals surface area contributed by atoms with Crippen molar-refractivity contribution in [1.82, 2.24) is 5.32 Å². The van der Waals surface area contributed by atoms with Gasteiger partial charge in [0.05, 0.1) is 0 Å². The summed E-state index contributed by atoms with van der Waals surface area (Å²) >= 11 is 0. The predicted molar refractivity (Wildman–Crippen MR) is 112 cm³/mol. The van der Waals surface area contributed by atoms with Crippen molar-refractivity contribution in [3.8, 4) is 0 Å². The second-order valence-electron chi connectivity index (χ2n) is 7.58. The minimum atomic E-state index is -1.08. The minimum absolute atomic E-state index is 0.0585. The van der Waals surface area contributed by atoms with Crippen molar-refractivity contribution in [3.05, 3.63) is 71.8 Å². The molecule has 1 aliphatic rings. The Hall–Kier alpha value is -2.17. The van der Waals surface area contributed by atoms with E-state index in [2.05, 4.69) is 53.8 Å². The summed E-state index contributed by atoms with van der Waals surface area (Å²) in [6, 6.07) is 20.8. The van der Waals surface area contributed by atoms with Crippen LogP contribution < -0.4 is 5.32 Å². The average Bonchev–Trinajstić information content (AvgIpc) is 2.76. The molecule has 0 radical (unpaired) electrons.